The zero-order chi connectivity index (χ0) is 13.3. The SMILES string of the molecule is Cc1ccc(NS(=O)(=O)c2ccn(C)c2)cc1N. The standard InChI is InChI=1S/C12H15N3O2S/c1-9-3-4-10(7-12(9)13)14-18(16,17)11-5-6-15(2)8-11/h3-8,14H,13H2,1-2H3. The zero-order valence-corrected chi connectivity index (χ0v) is 11.0. The molecule has 0 bridgehead atoms. The van der Waals surface area contributed by atoms with Gasteiger partial charge in [-0.1, -0.05) is 6.07 Å². The normalized spacial score (nSPS) is 11.4. The average molecular weight is 265 g/mol. The van der Waals surface area contributed by atoms with Gasteiger partial charge in [-0.25, -0.2) is 8.42 Å². The largest absolute Gasteiger partial charge is 0.398 e. The molecule has 0 radical (unpaired) electrons. The van der Waals surface area contributed by atoms with E-state index >= 15 is 0 Å². The van der Waals surface area contributed by atoms with Crippen molar-refractivity contribution in [1.29, 1.82) is 0 Å². The van der Waals surface area contributed by atoms with Gasteiger partial charge in [0.1, 0.15) is 4.90 Å². The van der Waals surface area contributed by atoms with E-state index in [1.165, 1.54) is 0 Å². The smallest absolute Gasteiger partial charge is 0.263 e. The number of aryl methyl sites for hydroxylation is 2. The zero-order valence-electron chi connectivity index (χ0n) is 10.2. The molecule has 0 fully saturated rings. The van der Waals surface area contributed by atoms with Crippen molar-refractivity contribution in [3.8, 4) is 0 Å². The van der Waals surface area contributed by atoms with Gasteiger partial charge in [0, 0.05) is 25.1 Å². The summed E-state index contributed by atoms with van der Waals surface area (Å²) < 4.78 is 28.3. The fourth-order valence-electron chi connectivity index (χ4n) is 1.55. The summed E-state index contributed by atoms with van der Waals surface area (Å²) >= 11 is 0. The number of nitrogens with one attached hydrogen (secondary N) is 1. The number of nitrogens with two attached hydrogens (primary N) is 1. The van der Waals surface area contributed by atoms with Crippen LogP contribution in [0.1, 0.15) is 5.56 Å². The lowest BCUT2D eigenvalue weighted by Gasteiger charge is -2.08. The Labute approximate surface area is 106 Å². The number of benzene rings is 1. The van der Waals surface area contributed by atoms with Crippen LogP contribution in [0.15, 0.2) is 41.6 Å². The molecule has 0 saturated heterocycles. The first kappa shape index (κ1) is 12.5. The molecule has 0 unspecified atom stereocenters. The van der Waals surface area contributed by atoms with Crippen molar-refractivity contribution in [1.82, 2.24) is 4.57 Å². The highest BCUT2D eigenvalue weighted by atomic mass is 32.2. The van der Waals surface area contributed by atoms with Gasteiger partial charge in [-0.3, -0.25) is 4.72 Å². The van der Waals surface area contributed by atoms with E-state index in [0.29, 0.717) is 11.4 Å². The van der Waals surface area contributed by atoms with E-state index in [2.05, 4.69) is 4.72 Å². The topological polar surface area (TPSA) is 77.1 Å². The molecule has 0 aliphatic heterocycles. The average Bonchev–Trinajstić information content (AvgIpc) is 2.71. The van der Waals surface area contributed by atoms with Crippen LogP contribution in [0, 0.1) is 6.92 Å². The number of nitrogens with zero attached hydrogens (tertiary/aromatic N) is 1. The van der Waals surface area contributed by atoms with Crippen LogP contribution in [-0.2, 0) is 17.1 Å². The summed E-state index contributed by atoms with van der Waals surface area (Å²) in [6.45, 7) is 1.87. The molecule has 1 heterocycles. The highest BCUT2D eigenvalue weighted by molar-refractivity contribution is 7.92. The molecule has 96 valence electrons. The Morgan fingerprint density at radius 3 is 2.56 bits per heavy atom. The summed E-state index contributed by atoms with van der Waals surface area (Å²) in [5.74, 6) is 0. The third-order valence-electron chi connectivity index (χ3n) is 2.65. The van der Waals surface area contributed by atoms with Crippen molar-refractivity contribution in [3.63, 3.8) is 0 Å². The minimum absolute atomic E-state index is 0.226. The molecule has 2 aromatic rings. The van der Waals surface area contributed by atoms with Crippen LogP contribution in [0.3, 0.4) is 0 Å². The van der Waals surface area contributed by atoms with Gasteiger partial charge >= 0.3 is 0 Å². The van der Waals surface area contributed by atoms with Gasteiger partial charge in [-0.15, -0.1) is 0 Å². The van der Waals surface area contributed by atoms with E-state index < -0.39 is 10.0 Å². The molecule has 0 atom stereocenters. The Kier molecular flexibility index (Phi) is 3.04. The van der Waals surface area contributed by atoms with Crippen LogP contribution in [0.25, 0.3) is 0 Å². The first-order chi connectivity index (χ1) is 8.38. The Morgan fingerprint density at radius 2 is 2.00 bits per heavy atom. The maximum Gasteiger partial charge on any atom is 0.263 e. The van der Waals surface area contributed by atoms with Crippen LogP contribution >= 0.6 is 0 Å². The molecular formula is C12H15N3O2S. The predicted molar refractivity (Wildman–Crippen MR) is 71.8 cm³/mol. The summed E-state index contributed by atoms with van der Waals surface area (Å²) in [5, 5.41) is 0. The van der Waals surface area contributed by atoms with Crippen molar-refractivity contribution in [2.24, 2.45) is 7.05 Å². The summed E-state index contributed by atoms with van der Waals surface area (Å²) in [4.78, 5) is 0.226. The number of hydrogen-bond donors (Lipinski definition) is 2. The van der Waals surface area contributed by atoms with Crippen LogP contribution in [0.4, 0.5) is 11.4 Å². The summed E-state index contributed by atoms with van der Waals surface area (Å²) in [6, 6.07) is 6.61. The number of rotatable bonds is 3. The summed E-state index contributed by atoms with van der Waals surface area (Å²) in [6.07, 6.45) is 3.22. The van der Waals surface area contributed by atoms with Crippen LogP contribution in [0.2, 0.25) is 0 Å². The fourth-order valence-corrected chi connectivity index (χ4v) is 2.65. The minimum Gasteiger partial charge on any atom is -0.398 e. The van der Waals surface area contributed by atoms with Crippen molar-refractivity contribution >= 4 is 21.4 Å². The van der Waals surface area contributed by atoms with Gasteiger partial charge in [0.25, 0.3) is 10.0 Å². The molecule has 1 aromatic heterocycles. The number of aromatic nitrogens is 1. The Hall–Kier alpha value is -1.95. The molecular weight excluding hydrogens is 250 g/mol. The fraction of sp³-hybridized carbons (Fsp3) is 0.167. The minimum atomic E-state index is -3.55. The van der Waals surface area contributed by atoms with Crippen molar-refractivity contribution in [2.75, 3.05) is 10.5 Å². The van der Waals surface area contributed by atoms with E-state index in [0.717, 1.165) is 5.56 Å². The number of anilines is 2. The van der Waals surface area contributed by atoms with Crippen LogP contribution in [0.5, 0.6) is 0 Å². The van der Waals surface area contributed by atoms with Gasteiger partial charge in [0.05, 0.1) is 5.69 Å². The second-order valence-electron chi connectivity index (χ2n) is 4.19. The third-order valence-corrected chi connectivity index (χ3v) is 4.01. The third kappa shape index (κ3) is 2.48. The molecule has 0 spiro atoms. The molecule has 0 aliphatic carbocycles. The Morgan fingerprint density at radius 1 is 1.28 bits per heavy atom. The van der Waals surface area contributed by atoms with E-state index in [1.807, 2.05) is 6.92 Å². The molecule has 0 aliphatic rings. The van der Waals surface area contributed by atoms with Gasteiger partial charge in [0.15, 0.2) is 0 Å². The van der Waals surface area contributed by atoms with Crippen molar-refractivity contribution in [2.45, 2.75) is 11.8 Å². The van der Waals surface area contributed by atoms with Crippen molar-refractivity contribution < 1.29 is 8.42 Å². The lowest BCUT2D eigenvalue weighted by atomic mass is 10.2. The van der Waals surface area contributed by atoms with E-state index in [-0.39, 0.29) is 4.90 Å². The lowest BCUT2D eigenvalue weighted by Crippen LogP contribution is -2.12. The molecule has 3 N–H and O–H groups in total. The molecule has 5 nitrogen and oxygen atoms in total. The van der Waals surface area contributed by atoms with Gasteiger partial charge in [0.2, 0.25) is 0 Å². The number of hydrogen-bond acceptors (Lipinski definition) is 3. The molecule has 0 amide bonds. The van der Waals surface area contributed by atoms with Gasteiger partial charge < -0.3 is 10.3 Å². The molecule has 2 rings (SSSR count). The van der Waals surface area contributed by atoms with E-state index in [9.17, 15) is 8.42 Å². The number of nitrogen functional groups attached to an aromatic ring is 1. The Balaban J connectivity index is 2.30. The number of sulfonamides is 1. The first-order valence-electron chi connectivity index (χ1n) is 5.39. The van der Waals surface area contributed by atoms with Gasteiger partial charge in [-0.05, 0) is 30.7 Å². The van der Waals surface area contributed by atoms with E-state index in [1.54, 1.807) is 48.3 Å². The highest BCUT2D eigenvalue weighted by Gasteiger charge is 2.15. The van der Waals surface area contributed by atoms with Crippen molar-refractivity contribution in [3.05, 3.63) is 42.2 Å². The summed E-state index contributed by atoms with van der Waals surface area (Å²) in [5.41, 5.74) is 7.68. The predicted octanol–water partition coefficient (Wildman–Crippen LogP) is 1.72. The summed E-state index contributed by atoms with van der Waals surface area (Å²) in [7, 11) is -1.78. The van der Waals surface area contributed by atoms with Crippen LogP contribution < -0.4 is 10.5 Å². The maximum atomic E-state index is 12.0. The first-order valence-corrected chi connectivity index (χ1v) is 6.88. The quantitative estimate of drug-likeness (QED) is 0.829. The van der Waals surface area contributed by atoms with Gasteiger partial charge in [-0.2, -0.15) is 0 Å². The highest BCUT2D eigenvalue weighted by Crippen LogP contribution is 2.20. The Bertz CT molecular complexity index is 674. The molecule has 1 aromatic carbocycles. The van der Waals surface area contributed by atoms with Crippen LogP contribution in [-0.4, -0.2) is 13.0 Å². The maximum absolute atomic E-state index is 12.0. The second-order valence-corrected chi connectivity index (χ2v) is 5.87. The second kappa shape index (κ2) is 4.38. The van der Waals surface area contributed by atoms with E-state index in [4.69, 9.17) is 5.73 Å². The molecule has 6 heteroatoms. The lowest BCUT2D eigenvalue weighted by molar-refractivity contribution is 0.601. The monoisotopic (exact) mass is 265 g/mol. The molecule has 0 saturated carbocycles. The molecule has 18 heavy (non-hydrogen) atoms.